The predicted octanol–water partition coefficient (Wildman–Crippen LogP) is 2.04. The molecule has 2 unspecified atom stereocenters. The zero-order chi connectivity index (χ0) is 9.97. The summed E-state index contributed by atoms with van der Waals surface area (Å²) in [4.78, 5) is 0. The molecular weight excluding hydrogens is 218 g/mol. The lowest BCUT2D eigenvalue weighted by atomic mass is 9.98. The van der Waals surface area contributed by atoms with Gasteiger partial charge in [0.15, 0.2) is 3.95 Å². The van der Waals surface area contributed by atoms with Crippen molar-refractivity contribution in [3.05, 3.63) is 3.95 Å². The second-order valence-electron chi connectivity index (χ2n) is 3.51. The van der Waals surface area contributed by atoms with E-state index < -0.39 is 0 Å². The molecule has 0 radical (unpaired) electrons. The molecule has 1 fully saturated rings. The molecule has 0 saturated carbocycles. The molecule has 2 rings (SSSR count). The highest BCUT2D eigenvalue weighted by atomic mass is 32.1. The molecule has 2 heterocycles. The van der Waals surface area contributed by atoms with Crippen molar-refractivity contribution in [2.24, 2.45) is 5.92 Å². The Kier molecular flexibility index (Phi) is 3.15. The molecule has 1 saturated heterocycles. The smallest absolute Gasteiger partial charge is 0.204 e. The van der Waals surface area contributed by atoms with Gasteiger partial charge in [0.1, 0.15) is 0 Å². The maximum Gasteiger partial charge on any atom is 0.204 e. The summed E-state index contributed by atoms with van der Waals surface area (Å²) < 4.78 is 6.08. The van der Waals surface area contributed by atoms with Gasteiger partial charge in [0.05, 0.1) is 6.61 Å². The Morgan fingerprint density at radius 1 is 1.71 bits per heavy atom. The van der Waals surface area contributed by atoms with E-state index in [1.54, 1.807) is 0 Å². The highest BCUT2D eigenvalue weighted by molar-refractivity contribution is 7.73. The van der Waals surface area contributed by atoms with Crippen LogP contribution in [0.1, 0.15) is 13.3 Å². The summed E-state index contributed by atoms with van der Waals surface area (Å²) in [6.07, 6.45) is 1.04. The van der Waals surface area contributed by atoms with Gasteiger partial charge in [-0.05, 0) is 24.6 Å². The maximum absolute atomic E-state index is 5.37. The van der Waals surface area contributed by atoms with Crippen LogP contribution >= 0.6 is 23.6 Å². The number of rotatable bonds is 2. The number of hydrogen-bond acceptors (Lipinski definition) is 5. The first-order valence-electron chi connectivity index (χ1n) is 4.65. The van der Waals surface area contributed by atoms with E-state index in [4.69, 9.17) is 17.0 Å². The van der Waals surface area contributed by atoms with Crippen molar-refractivity contribution < 1.29 is 4.74 Å². The van der Waals surface area contributed by atoms with Crippen LogP contribution in [-0.2, 0) is 4.74 Å². The molecule has 6 heteroatoms. The number of nitrogens with zero attached hydrogens (tertiary/aromatic N) is 1. The number of aromatic amines is 1. The molecule has 0 aromatic carbocycles. The molecule has 1 aromatic rings. The third-order valence-corrected chi connectivity index (χ3v) is 3.41. The summed E-state index contributed by atoms with van der Waals surface area (Å²) in [6, 6.07) is 0.456. The second-order valence-corrected chi connectivity index (χ2v) is 5.18. The molecule has 4 nitrogen and oxygen atoms in total. The lowest BCUT2D eigenvalue weighted by Gasteiger charge is -2.29. The number of anilines is 1. The molecule has 0 bridgehead atoms. The fourth-order valence-corrected chi connectivity index (χ4v) is 2.40. The molecule has 2 N–H and O–H groups in total. The van der Waals surface area contributed by atoms with E-state index in [-0.39, 0.29) is 0 Å². The van der Waals surface area contributed by atoms with Crippen LogP contribution < -0.4 is 5.32 Å². The summed E-state index contributed by atoms with van der Waals surface area (Å²) in [5, 5.41) is 11.1. The Bertz CT molecular complexity index is 348. The molecule has 1 aromatic heterocycles. The van der Waals surface area contributed by atoms with Crippen molar-refractivity contribution in [1.29, 1.82) is 0 Å². The SMILES string of the molecule is CC1COCCC1Nc1n[nH]c(=S)s1. The minimum atomic E-state index is 0.456. The van der Waals surface area contributed by atoms with Crippen molar-refractivity contribution >= 4 is 28.7 Å². The Balaban J connectivity index is 1.99. The average molecular weight is 231 g/mol. The number of ether oxygens (including phenoxy) is 1. The van der Waals surface area contributed by atoms with E-state index >= 15 is 0 Å². The summed E-state index contributed by atoms with van der Waals surface area (Å²) in [7, 11) is 0. The highest BCUT2D eigenvalue weighted by Crippen LogP contribution is 2.20. The molecule has 1 aliphatic rings. The molecule has 14 heavy (non-hydrogen) atoms. The first kappa shape index (κ1) is 10.1. The fraction of sp³-hybridized carbons (Fsp3) is 0.750. The van der Waals surface area contributed by atoms with Gasteiger partial charge in [-0.25, -0.2) is 0 Å². The monoisotopic (exact) mass is 231 g/mol. The van der Waals surface area contributed by atoms with Crippen molar-refractivity contribution in [2.45, 2.75) is 19.4 Å². The lowest BCUT2D eigenvalue weighted by molar-refractivity contribution is 0.0537. The predicted molar refractivity (Wildman–Crippen MR) is 59.3 cm³/mol. The highest BCUT2D eigenvalue weighted by Gasteiger charge is 2.22. The van der Waals surface area contributed by atoms with Gasteiger partial charge in [0.25, 0.3) is 0 Å². The van der Waals surface area contributed by atoms with Gasteiger partial charge in [-0.15, -0.1) is 5.10 Å². The average Bonchev–Trinajstić information content (AvgIpc) is 2.56. The standard InChI is InChI=1S/C8H13N3OS2/c1-5-4-12-3-2-6(5)9-7-10-11-8(13)14-7/h5-6H,2-4H2,1H3,(H,9,10)(H,11,13). The third kappa shape index (κ3) is 2.31. The normalized spacial score (nSPS) is 27.5. The Morgan fingerprint density at radius 3 is 3.21 bits per heavy atom. The van der Waals surface area contributed by atoms with Crippen LogP contribution in [0, 0.1) is 9.87 Å². The van der Waals surface area contributed by atoms with Crippen LogP contribution in [0.15, 0.2) is 0 Å². The van der Waals surface area contributed by atoms with Crippen molar-refractivity contribution in [3.63, 3.8) is 0 Å². The zero-order valence-corrected chi connectivity index (χ0v) is 9.58. The molecule has 78 valence electrons. The van der Waals surface area contributed by atoms with Crippen molar-refractivity contribution in [2.75, 3.05) is 18.5 Å². The van der Waals surface area contributed by atoms with Crippen LogP contribution in [0.25, 0.3) is 0 Å². The number of aromatic nitrogens is 2. The van der Waals surface area contributed by atoms with Gasteiger partial charge in [0.2, 0.25) is 5.13 Å². The van der Waals surface area contributed by atoms with E-state index in [0.29, 0.717) is 15.9 Å². The first-order chi connectivity index (χ1) is 6.75. The first-order valence-corrected chi connectivity index (χ1v) is 5.88. The lowest BCUT2D eigenvalue weighted by Crippen LogP contribution is -2.35. The number of hydrogen-bond donors (Lipinski definition) is 2. The Hall–Kier alpha value is -0.460. The van der Waals surface area contributed by atoms with Crippen molar-refractivity contribution in [1.82, 2.24) is 10.2 Å². The van der Waals surface area contributed by atoms with Gasteiger partial charge < -0.3 is 10.1 Å². The molecule has 1 aliphatic heterocycles. The van der Waals surface area contributed by atoms with Gasteiger partial charge in [-0.1, -0.05) is 18.3 Å². The van der Waals surface area contributed by atoms with Gasteiger partial charge in [0, 0.05) is 12.6 Å². The molecule has 2 atom stereocenters. The van der Waals surface area contributed by atoms with Crippen molar-refractivity contribution in [3.8, 4) is 0 Å². The van der Waals surface area contributed by atoms with E-state index in [1.807, 2.05) is 0 Å². The topological polar surface area (TPSA) is 49.9 Å². The zero-order valence-electron chi connectivity index (χ0n) is 7.95. The Labute approximate surface area is 91.7 Å². The van der Waals surface area contributed by atoms with Crippen LogP contribution in [0.5, 0.6) is 0 Å². The van der Waals surface area contributed by atoms with Gasteiger partial charge >= 0.3 is 0 Å². The van der Waals surface area contributed by atoms with E-state index in [9.17, 15) is 0 Å². The third-order valence-electron chi connectivity index (χ3n) is 2.39. The van der Waals surface area contributed by atoms with Gasteiger partial charge in [-0.3, -0.25) is 5.10 Å². The van der Waals surface area contributed by atoms with E-state index in [1.165, 1.54) is 11.3 Å². The van der Waals surface area contributed by atoms with Crippen LogP contribution in [-0.4, -0.2) is 29.5 Å². The van der Waals surface area contributed by atoms with Crippen LogP contribution in [0.3, 0.4) is 0 Å². The Morgan fingerprint density at radius 2 is 2.57 bits per heavy atom. The molecule has 0 amide bonds. The molecule has 0 aliphatic carbocycles. The minimum Gasteiger partial charge on any atom is -0.381 e. The maximum atomic E-state index is 5.37. The van der Waals surface area contributed by atoms with Gasteiger partial charge in [-0.2, -0.15) is 0 Å². The minimum absolute atomic E-state index is 0.456. The summed E-state index contributed by atoms with van der Waals surface area (Å²) >= 11 is 6.45. The largest absolute Gasteiger partial charge is 0.381 e. The van der Waals surface area contributed by atoms with Crippen LogP contribution in [0.4, 0.5) is 5.13 Å². The number of H-pyrrole nitrogens is 1. The van der Waals surface area contributed by atoms with E-state index in [0.717, 1.165) is 24.8 Å². The second kappa shape index (κ2) is 4.37. The molecular formula is C8H13N3OS2. The fourth-order valence-electron chi connectivity index (χ4n) is 1.54. The van der Waals surface area contributed by atoms with E-state index in [2.05, 4.69) is 22.4 Å². The molecule has 0 spiro atoms. The summed E-state index contributed by atoms with van der Waals surface area (Å²) in [5.74, 6) is 0.529. The number of nitrogens with one attached hydrogen (secondary N) is 2. The summed E-state index contributed by atoms with van der Waals surface area (Å²) in [5.41, 5.74) is 0. The quantitative estimate of drug-likeness (QED) is 0.765. The summed E-state index contributed by atoms with van der Waals surface area (Å²) in [6.45, 7) is 3.84. The van der Waals surface area contributed by atoms with Crippen LogP contribution in [0.2, 0.25) is 0 Å².